The Bertz CT molecular complexity index is 1180. The normalized spacial score (nSPS) is 11.5. The molecule has 9 heteroatoms. The van der Waals surface area contributed by atoms with Gasteiger partial charge in [0, 0.05) is 23.8 Å². The molecular weight excluding hydrogens is 440 g/mol. The molecule has 0 atom stereocenters. The smallest absolute Gasteiger partial charge is 0.271 e. The molecule has 0 saturated carbocycles. The van der Waals surface area contributed by atoms with Gasteiger partial charge in [0.25, 0.3) is 5.91 Å². The standard InChI is InChI=1S/C22H25ClN2O5S/c1-15-11-19(12-16(2)22(15)23)29-10-4-8-25-9-7-17-5-6-18(13-20(17)25)30-14-21(26)24-31(3,27)28/h5-7,9,11-13H,4,8,10,14H2,1-3H3,(H,24,26). The Morgan fingerprint density at radius 2 is 1.77 bits per heavy atom. The second kappa shape index (κ2) is 9.62. The van der Waals surface area contributed by atoms with Gasteiger partial charge in [0.15, 0.2) is 6.61 Å². The van der Waals surface area contributed by atoms with Crippen LogP contribution >= 0.6 is 11.6 Å². The summed E-state index contributed by atoms with van der Waals surface area (Å²) in [6, 6.07) is 11.3. The maximum atomic E-state index is 11.6. The van der Waals surface area contributed by atoms with E-state index in [-0.39, 0.29) is 6.61 Å². The number of halogens is 1. The van der Waals surface area contributed by atoms with Crippen LogP contribution in [0.25, 0.3) is 10.9 Å². The number of hydrogen-bond donors (Lipinski definition) is 1. The molecular formula is C22H25ClN2O5S. The van der Waals surface area contributed by atoms with Gasteiger partial charge in [0.2, 0.25) is 10.0 Å². The van der Waals surface area contributed by atoms with E-state index in [2.05, 4.69) is 4.57 Å². The SMILES string of the molecule is Cc1cc(OCCCn2ccc3ccc(OCC(=O)NS(C)(=O)=O)cc32)cc(C)c1Cl. The first-order valence-electron chi connectivity index (χ1n) is 9.74. The molecule has 7 nitrogen and oxygen atoms in total. The second-order valence-corrected chi connectivity index (χ2v) is 9.52. The number of rotatable bonds is 9. The molecule has 31 heavy (non-hydrogen) atoms. The van der Waals surface area contributed by atoms with Crippen molar-refractivity contribution in [2.24, 2.45) is 0 Å². The Kier molecular flexibility index (Phi) is 7.12. The number of nitrogens with one attached hydrogen (secondary N) is 1. The highest BCUT2D eigenvalue weighted by molar-refractivity contribution is 7.89. The van der Waals surface area contributed by atoms with Gasteiger partial charge in [0.1, 0.15) is 11.5 Å². The maximum Gasteiger partial charge on any atom is 0.271 e. The van der Waals surface area contributed by atoms with Crippen LogP contribution in [0.5, 0.6) is 11.5 Å². The van der Waals surface area contributed by atoms with Crippen LogP contribution in [0.15, 0.2) is 42.6 Å². The molecule has 0 aliphatic heterocycles. The molecule has 3 aromatic rings. The number of aromatic nitrogens is 1. The highest BCUT2D eigenvalue weighted by atomic mass is 35.5. The number of amides is 1. The van der Waals surface area contributed by atoms with Crippen LogP contribution in [0.2, 0.25) is 5.02 Å². The van der Waals surface area contributed by atoms with Crippen molar-refractivity contribution in [3.8, 4) is 11.5 Å². The zero-order chi connectivity index (χ0) is 22.6. The Balaban J connectivity index is 1.57. The number of fused-ring (bicyclic) bond motifs is 1. The first-order valence-corrected chi connectivity index (χ1v) is 12.0. The molecule has 1 amide bonds. The van der Waals surface area contributed by atoms with E-state index in [0.717, 1.165) is 52.0 Å². The minimum absolute atomic E-state index is 0.382. The molecule has 0 bridgehead atoms. The van der Waals surface area contributed by atoms with Gasteiger partial charge >= 0.3 is 0 Å². The average molecular weight is 465 g/mol. The van der Waals surface area contributed by atoms with Crippen LogP contribution < -0.4 is 14.2 Å². The monoisotopic (exact) mass is 464 g/mol. The van der Waals surface area contributed by atoms with E-state index in [4.69, 9.17) is 21.1 Å². The van der Waals surface area contributed by atoms with E-state index in [9.17, 15) is 13.2 Å². The van der Waals surface area contributed by atoms with Gasteiger partial charge in [-0.1, -0.05) is 11.6 Å². The third-order valence-corrected chi connectivity index (χ3v) is 5.83. The molecule has 0 saturated heterocycles. The lowest BCUT2D eigenvalue weighted by atomic mass is 10.1. The fourth-order valence-corrected chi connectivity index (χ4v) is 3.83. The molecule has 0 spiro atoms. The molecule has 1 aromatic heterocycles. The molecule has 0 aliphatic rings. The quantitative estimate of drug-likeness (QED) is 0.486. The van der Waals surface area contributed by atoms with Crippen LogP contribution in [0.1, 0.15) is 17.5 Å². The lowest BCUT2D eigenvalue weighted by molar-refractivity contribution is -0.121. The van der Waals surface area contributed by atoms with Crippen molar-refractivity contribution >= 4 is 38.4 Å². The van der Waals surface area contributed by atoms with E-state index in [1.807, 2.05) is 55.1 Å². The summed E-state index contributed by atoms with van der Waals surface area (Å²) >= 11 is 6.20. The zero-order valence-electron chi connectivity index (χ0n) is 17.6. The van der Waals surface area contributed by atoms with Crippen molar-refractivity contribution in [3.63, 3.8) is 0 Å². The minimum Gasteiger partial charge on any atom is -0.494 e. The highest BCUT2D eigenvalue weighted by Gasteiger charge is 2.10. The molecule has 166 valence electrons. The van der Waals surface area contributed by atoms with Crippen LogP contribution in [-0.4, -0.2) is 38.4 Å². The topological polar surface area (TPSA) is 86.6 Å². The molecule has 0 aliphatic carbocycles. The molecule has 0 fully saturated rings. The number of carbonyl (C=O) groups is 1. The number of aryl methyl sites for hydroxylation is 3. The first kappa shape index (κ1) is 23.0. The summed E-state index contributed by atoms with van der Waals surface area (Å²) in [4.78, 5) is 11.6. The molecule has 1 N–H and O–H groups in total. The summed E-state index contributed by atoms with van der Waals surface area (Å²) in [6.07, 6.45) is 3.70. The zero-order valence-corrected chi connectivity index (χ0v) is 19.2. The van der Waals surface area contributed by atoms with Gasteiger partial charge < -0.3 is 14.0 Å². The maximum absolute atomic E-state index is 11.6. The largest absolute Gasteiger partial charge is 0.494 e. The number of sulfonamides is 1. The summed E-state index contributed by atoms with van der Waals surface area (Å²) in [5.74, 6) is 0.571. The van der Waals surface area contributed by atoms with Crippen molar-refractivity contribution in [2.75, 3.05) is 19.5 Å². The number of benzene rings is 2. The molecule has 0 unspecified atom stereocenters. The summed E-state index contributed by atoms with van der Waals surface area (Å²) in [5, 5.41) is 1.80. The molecule has 0 radical (unpaired) electrons. The van der Waals surface area contributed by atoms with Crippen LogP contribution in [0, 0.1) is 13.8 Å². The summed E-state index contributed by atoms with van der Waals surface area (Å²) in [7, 11) is -3.60. The van der Waals surface area contributed by atoms with Gasteiger partial charge in [-0.05, 0) is 67.1 Å². The second-order valence-electron chi connectivity index (χ2n) is 7.39. The van der Waals surface area contributed by atoms with E-state index >= 15 is 0 Å². The van der Waals surface area contributed by atoms with Crippen molar-refractivity contribution < 1.29 is 22.7 Å². The minimum atomic E-state index is -3.60. The van der Waals surface area contributed by atoms with Crippen LogP contribution in [0.3, 0.4) is 0 Å². The van der Waals surface area contributed by atoms with Gasteiger partial charge in [-0.15, -0.1) is 0 Å². The van der Waals surface area contributed by atoms with Crippen LogP contribution in [0.4, 0.5) is 0 Å². The fourth-order valence-electron chi connectivity index (χ4n) is 3.25. The average Bonchev–Trinajstić information content (AvgIpc) is 3.08. The summed E-state index contributed by atoms with van der Waals surface area (Å²) in [6.45, 7) is 4.83. The third kappa shape index (κ3) is 6.38. The Morgan fingerprint density at radius 1 is 1.06 bits per heavy atom. The lowest BCUT2D eigenvalue weighted by Gasteiger charge is -2.11. The van der Waals surface area contributed by atoms with Gasteiger partial charge in [-0.25, -0.2) is 8.42 Å². The Hall–Kier alpha value is -2.71. The lowest BCUT2D eigenvalue weighted by Crippen LogP contribution is -2.33. The predicted molar refractivity (Wildman–Crippen MR) is 121 cm³/mol. The van der Waals surface area contributed by atoms with Gasteiger partial charge in [0.05, 0.1) is 18.4 Å². The van der Waals surface area contributed by atoms with Gasteiger partial charge in [-0.2, -0.15) is 0 Å². The predicted octanol–water partition coefficient (Wildman–Crippen LogP) is 3.84. The van der Waals surface area contributed by atoms with Crippen molar-refractivity contribution in [1.82, 2.24) is 9.29 Å². The first-order chi connectivity index (χ1) is 14.6. The Labute approximate surface area is 187 Å². The number of carbonyl (C=O) groups excluding carboxylic acids is 1. The van der Waals surface area contributed by atoms with Crippen molar-refractivity contribution in [3.05, 3.63) is 58.7 Å². The number of ether oxygens (including phenoxy) is 2. The van der Waals surface area contributed by atoms with E-state index in [1.165, 1.54) is 0 Å². The number of nitrogens with zero attached hydrogens (tertiary/aromatic N) is 1. The molecule has 3 rings (SSSR count). The van der Waals surface area contributed by atoms with Gasteiger partial charge in [-0.3, -0.25) is 9.52 Å². The van der Waals surface area contributed by atoms with E-state index < -0.39 is 15.9 Å². The van der Waals surface area contributed by atoms with E-state index in [1.54, 1.807) is 6.07 Å². The highest BCUT2D eigenvalue weighted by Crippen LogP contribution is 2.26. The fraction of sp³-hybridized carbons (Fsp3) is 0.318. The third-order valence-electron chi connectivity index (χ3n) is 4.64. The Morgan fingerprint density at radius 3 is 2.45 bits per heavy atom. The molecule has 1 heterocycles. The van der Waals surface area contributed by atoms with Crippen LogP contribution in [-0.2, 0) is 21.4 Å². The summed E-state index contributed by atoms with van der Waals surface area (Å²) < 4.78 is 37.5. The van der Waals surface area contributed by atoms with Crippen molar-refractivity contribution in [1.29, 1.82) is 0 Å². The number of hydrogen-bond acceptors (Lipinski definition) is 5. The molecule has 2 aromatic carbocycles. The van der Waals surface area contributed by atoms with E-state index in [0.29, 0.717) is 12.4 Å². The summed E-state index contributed by atoms with van der Waals surface area (Å²) in [5.41, 5.74) is 2.94. The van der Waals surface area contributed by atoms with Crippen molar-refractivity contribution in [2.45, 2.75) is 26.8 Å².